The van der Waals surface area contributed by atoms with Crippen LogP contribution in [0.2, 0.25) is 0 Å². The molecule has 1 amide bonds. The quantitative estimate of drug-likeness (QED) is 0.667. The molecule has 0 aromatic carbocycles. The first kappa shape index (κ1) is 13.5. The van der Waals surface area contributed by atoms with E-state index in [0.717, 1.165) is 25.7 Å². The Labute approximate surface area is 97.8 Å². The van der Waals surface area contributed by atoms with Crippen molar-refractivity contribution in [1.82, 2.24) is 10.6 Å². The van der Waals surface area contributed by atoms with Gasteiger partial charge in [0.1, 0.15) is 0 Å². The minimum Gasteiger partial charge on any atom is -0.393 e. The van der Waals surface area contributed by atoms with Crippen LogP contribution in [0.1, 0.15) is 46.5 Å². The summed E-state index contributed by atoms with van der Waals surface area (Å²) < 4.78 is 0. The molecule has 1 aliphatic carbocycles. The molecule has 4 heteroatoms. The van der Waals surface area contributed by atoms with Crippen molar-refractivity contribution in [1.29, 1.82) is 0 Å². The molecule has 0 saturated heterocycles. The van der Waals surface area contributed by atoms with E-state index in [1.165, 1.54) is 0 Å². The highest BCUT2D eigenvalue weighted by Crippen LogP contribution is 2.18. The van der Waals surface area contributed by atoms with Crippen LogP contribution in [0.4, 0.5) is 0 Å². The molecule has 1 atom stereocenters. The molecule has 1 rings (SSSR count). The van der Waals surface area contributed by atoms with Gasteiger partial charge in [0, 0.05) is 12.1 Å². The number of aliphatic hydroxyl groups excluding tert-OH is 1. The molecule has 0 aromatic heterocycles. The van der Waals surface area contributed by atoms with Crippen molar-refractivity contribution in [2.45, 2.75) is 70.7 Å². The summed E-state index contributed by atoms with van der Waals surface area (Å²) in [5, 5.41) is 15.6. The first-order valence-corrected chi connectivity index (χ1v) is 6.23. The van der Waals surface area contributed by atoms with Crippen molar-refractivity contribution in [3.63, 3.8) is 0 Å². The van der Waals surface area contributed by atoms with Gasteiger partial charge in [0.25, 0.3) is 0 Å². The second kappa shape index (κ2) is 6.21. The Morgan fingerprint density at radius 1 is 1.19 bits per heavy atom. The topological polar surface area (TPSA) is 61.4 Å². The summed E-state index contributed by atoms with van der Waals surface area (Å²) in [7, 11) is 0. The molecule has 1 unspecified atom stereocenters. The predicted octanol–water partition coefficient (Wildman–Crippen LogP) is 0.793. The van der Waals surface area contributed by atoms with Crippen LogP contribution in [-0.4, -0.2) is 35.2 Å². The van der Waals surface area contributed by atoms with Gasteiger partial charge < -0.3 is 15.7 Å². The molecule has 0 bridgehead atoms. The highest BCUT2D eigenvalue weighted by atomic mass is 16.3. The van der Waals surface area contributed by atoms with Crippen molar-refractivity contribution in [2.24, 2.45) is 0 Å². The highest BCUT2D eigenvalue weighted by Gasteiger charge is 2.22. The average molecular weight is 228 g/mol. The summed E-state index contributed by atoms with van der Waals surface area (Å²) in [4.78, 5) is 11.7. The average Bonchev–Trinajstić information content (AvgIpc) is 2.20. The smallest absolute Gasteiger partial charge is 0.237 e. The van der Waals surface area contributed by atoms with Crippen LogP contribution in [0.25, 0.3) is 0 Å². The summed E-state index contributed by atoms with van der Waals surface area (Å²) in [5.74, 6) is 0.0566. The third kappa shape index (κ3) is 4.49. The van der Waals surface area contributed by atoms with Gasteiger partial charge in [0.15, 0.2) is 0 Å². The van der Waals surface area contributed by atoms with Crippen molar-refractivity contribution < 1.29 is 9.90 Å². The molecular formula is C12H24N2O2. The van der Waals surface area contributed by atoms with E-state index in [2.05, 4.69) is 10.6 Å². The van der Waals surface area contributed by atoms with Crippen molar-refractivity contribution in [2.75, 3.05) is 0 Å². The molecule has 4 nitrogen and oxygen atoms in total. The zero-order chi connectivity index (χ0) is 12.1. The van der Waals surface area contributed by atoms with E-state index in [0.29, 0.717) is 6.04 Å². The van der Waals surface area contributed by atoms with Crippen LogP contribution in [0.15, 0.2) is 0 Å². The maximum Gasteiger partial charge on any atom is 0.237 e. The van der Waals surface area contributed by atoms with Crippen molar-refractivity contribution in [3.05, 3.63) is 0 Å². The largest absolute Gasteiger partial charge is 0.393 e. The van der Waals surface area contributed by atoms with Gasteiger partial charge in [-0.25, -0.2) is 0 Å². The number of aliphatic hydroxyl groups is 1. The minimum absolute atomic E-state index is 0.0566. The lowest BCUT2D eigenvalue weighted by molar-refractivity contribution is -0.123. The Morgan fingerprint density at radius 3 is 2.25 bits per heavy atom. The molecule has 16 heavy (non-hydrogen) atoms. The Morgan fingerprint density at radius 2 is 1.75 bits per heavy atom. The van der Waals surface area contributed by atoms with Gasteiger partial charge >= 0.3 is 0 Å². The van der Waals surface area contributed by atoms with E-state index in [-0.39, 0.29) is 24.1 Å². The summed E-state index contributed by atoms with van der Waals surface area (Å²) >= 11 is 0. The first-order chi connectivity index (χ1) is 7.49. The minimum atomic E-state index is -0.150. The third-order valence-electron chi connectivity index (χ3n) is 3.01. The summed E-state index contributed by atoms with van der Waals surface area (Å²) in [6.07, 6.45) is 3.46. The van der Waals surface area contributed by atoms with E-state index in [4.69, 9.17) is 0 Å². The summed E-state index contributed by atoms with van der Waals surface area (Å²) in [6.45, 7) is 5.81. The van der Waals surface area contributed by atoms with Crippen molar-refractivity contribution >= 4 is 5.91 Å². The van der Waals surface area contributed by atoms with Gasteiger partial charge in [-0.1, -0.05) is 0 Å². The lowest BCUT2D eigenvalue weighted by Crippen LogP contribution is -2.49. The fourth-order valence-electron chi connectivity index (χ4n) is 2.08. The Kier molecular flexibility index (Phi) is 5.22. The molecular weight excluding hydrogens is 204 g/mol. The van der Waals surface area contributed by atoms with E-state index >= 15 is 0 Å². The second-order valence-corrected chi connectivity index (χ2v) is 5.06. The molecule has 94 valence electrons. The van der Waals surface area contributed by atoms with Gasteiger partial charge in [0.05, 0.1) is 12.1 Å². The predicted molar refractivity (Wildman–Crippen MR) is 64.1 cm³/mol. The normalized spacial score (nSPS) is 27.8. The van der Waals surface area contributed by atoms with Gasteiger partial charge in [0.2, 0.25) is 5.91 Å². The number of rotatable bonds is 4. The Balaban J connectivity index is 2.28. The van der Waals surface area contributed by atoms with Gasteiger partial charge in [-0.2, -0.15) is 0 Å². The SMILES string of the molecule is CC(C)NC(=O)C(C)NC1CCC(O)CC1. The van der Waals surface area contributed by atoms with Crippen LogP contribution >= 0.6 is 0 Å². The fourth-order valence-corrected chi connectivity index (χ4v) is 2.08. The van der Waals surface area contributed by atoms with Crippen LogP contribution < -0.4 is 10.6 Å². The lowest BCUT2D eigenvalue weighted by Gasteiger charge is -2.28. The zero-order valence-corrected chi connectivity index (χ0v) is 10.5. The molecule has 0 radical (unpaired) electrons. The number of hydrogen-bond donors (Lipinski definition) is 3. The Bertz CT molecular complexity index is 223. The van der Waals surface area contributed by atoms with Gasteiger partial charge in [-0.05, 0) is 46.5 Å². The van der Waals surface area contributed by atoms with Gasteiger partial charge in [-0.15, -0.1) is 0 Å². The summed E-state index contributed by atoms with van der Waals surface area (Å²) in [6, 6.07) is 0.406. The Hall–Kier alpha value is -0.610. The summed E-state index contributed by atoms with van der Waals surface area (Å²) in [5.41, 5.74) is 0. The molecule has 3 N–H and O–H groups in total. The highest BCUT2D eigenvalue weighted by molar-refractivity contribution is 5.81. The molecule has 0 spiro atoms. The first-order valence-electron chi connectivity index (χ1n) is 6.23. The van der Waals surface area contributed by atoms with E-state index < -0.39 is 0 Å². The molecule has 1 aliphatic rings. The number of carbonyl (C=O) groups excluding carboxylic acids is 1. The lowest BCUT2D eigenvalue weighted by atomic mass is 9.92. The van der Waals surface area contributed by atoms with E-state index in [1.807, 2.05) is 20.8 Å². The van der Waals surface area contributed by atoms with E-state index in [1.54, 1.807) is 0 Å². The van der Waals surface area contributed by atoms with Crippen LogP contribution in [0, 0.1) is 0 Å². The monoisotopic (exact) mass is 228 g/mol. The fraction of sp³-hybridized carbons (Fsp3) is 0.917. The van der Waals surface area contributed by atoms with Crippen LogP contribution in [0.3, 0.4) is 0 Å². The van der Waals surface area contributed by atoms with Crippen LogP contribution in [-0.2, 0) is 4.79 Å². The molecule has 0 aliphatic heterocycles. The zero-order valence-electron chi connectivity index (χ0n) is 10.5. The van der Waals surface area contributed by atoms with Crippen molar-refractivity contribution in [3.8, 4) is 0 Å². The molecule has 0 aromatic rings. The van der Waals surface area contributed by atoms with Crippen LogP contribution in [0.5, 0.6) is 0 Å². The number of amides is 1. The standard InChI is InChI=1S/C12H24N2O2/c1-8(2)13-12(16)9(3)14-10-4-6-11(15)7-5-10/h8-11,14-15H,4-7H2,1-3H3,(H,13,16). The third-order valence-corrected chi connectivity index (χ3v) is 3.01. The number of carbonyl (C=O) groups is 1. The maximum atomic E-state index is 11.7. The molecule has 1 fully saturated rings. The number of nitrogens with one attached hydrogen (secondary N) is 2. The maximum absolute atomic E-state index is 11.7. The molecule has 0 heterocycles. The number of hydrogen-bond acceptors (Lipinski definition) is 3. The van der Waals surface area contributed by atoms with E-state index in [9.17, 15) is 9.90 Å². The molecule has 1 saturated carbocycles. The second-order valence-electron chi connectivity index (χ2n) is 5.06. The van der Waals surface area contributed by atoms with Gasteiger partial charge in [-0.3, -0.25) is 4.79 Å².